The maximum Gasteiger partial charge on any atom is 0.264 e. The van der Waals surface area contributed by atoms with E-state index in [1.165, 1.54) is 22.5 Å². The van der Waals surface area contributed by atoms with Crippen molar-refractivity contribution >= 4 is 32.6 Å². The van der Waals surface area contributed by atoms with Crippen LogP contribution in [-0.4, -0.2) is 17.5 Å². The number of fused-ring (bicyclic) bond motifs is 1. The van der Waals surface area contributed by atoms with Crippen LogP contribution in [0, 0.1) is 13.8 Å². The highest BCUT2D eigenvalue weighted by Crippen LogP contribution is 2.29. The van der Waals surface area contributed by atoms with Crippen LogP contribution in [0.25, 0.3) is 10.2 Å². The number of anilines is 1. The number of hydrogen-bond donors (Lipinski definition) is 1. The van der Waals surface area contributed by atoms with E-state index in [1.807, 2.05) is 37.3 Å². The Hall–Kier alpha value is -2.40. The number of aryl methyl sites for hydroxylation is 2. The van der Waals surface area contributed by atoms with Crippen molar-refractivity contribution in [2.24, 2.45) is 0 Å². The second kappa shape index (κ2) is 7.23. The Bertz CT molecular complexity index is 898. The highest BCUT2D eigenvalue weighted by molar-refractivity contribution is 7.22. The molecule has 3 aromatic rings. The molecule has 0 aliphatic carbocycles. The van der Waals surface area contributed by atoms with E-state index in [2.05, 4.69) is 37.1 Å². The fourth-order valence-electron chi connectivity index (χ4n) is 2.53. The van der Waals surface area contributed by atoms with Crippen LogP contribution in [0.4, 0.5) is 5.13 Å². The summed E-state index contributed by atoms with van der Waals surface area (Å²) in [5.41, 5.74) is 4.54. The zero-order valence-corrected chi connectivity index (χ0v) is 15.7. The quantitative estimate of drug-likeness (QED) is 0.697. The molecule has 130 valence electrons. The molecule has 0 unspecified atom stereocenters. The van der Waals surface area contributed by atoms with Crippen LogP contribution in [0.5, 0.6) is 5.75 Å². The maximum absolute atomic E-state index is 12.1. The Labute approximate surface area is 151 Å². The largest absolute Gasteiger partial charge is 0.484 e. The van der Waals surface area contributed by atoms with Gasteiger partial charge in [0.25, 0.3) is 5.91 Å². The lowest BCUT2D eigenvalue weighted by Gasteiger charge is -2.08. The van der Waals surface area contributed by atoms with Crippen molar-refractivity contribution in [3.8, 4) is 5.75 Å². The lowest BCUT2D eigenvalue weighted by Crippen LogP contribution is -2.20. The topological polar surface area (TPSA) is 51.2 Å². The molecule has 0 bridgehead atoms. The molecule has 0 saturated heterocycles. The molecule has 1 amide bonds. The molecule has 1 N–H and O–H groups in total. The molecule has 5 heteroatoms. The van der Waals surface area contributed by atoms with Crippen LogP contribution in [0.2, 0.25) is 0 Å². The van der Waals surface area contributed by atoms with Crippen LogP contribution in [0.3, 0.4) is 0 Å². The molecule has 0 saturated carbocycles. The Morgan fingerprint density at radius 3 is 2.56 bits per heavy atom. The standard InChI is InChI=1S/C20H22N2O2S/c1-12(2)15-6-8-16(9-7-15)24-11-18(23)21-20-22-19-14(4)13(3)5-10-17(19)25-20/h5-10,12H,11H2,1-4H3,(H,21,22,23). The summed E-state index contributed by atoms with van der Waals surface area (Å²) in [6, 6.07) is 12.0. The predicted molar refractivity (Wildman–Crippen MR) is 104 cm³/mol. The van der Waals surface area contributed by atoms with Crippen molar-refractivity contribution < 1.29 is 9.53 Å². The number of benzene rings is 2. The van der Waals surface area contributed by atoms with Crippen LogP contribution in [0.1, 0.15) is 36.5 Å². The van der Waals surface area contributed by atoms with Crippen LogP contribution in [0.15, 0.2) is 36.4 Å². The van der Waals surface area contributed by atoms with Gasteiger partial charge in [-0.05, 0) is 54.7 Å². The first-order valence-electron chi connectivity index (χ1n) is 8.33. The van der Waals surface area contributed by atoms with E-state index < -0.39 is 0 Å². The van der Waals surface area contributed by atoms with E-state index in [0.29, 0.717) is 16.8 Å². The molecule has 0 spiro atoms. The zero-order chi connectivity index (χ0) is 18.0. The van der Waals surface area contributed by atoms with Gasteiger partial charge in [0.05, 0.1) is 10.2 Å². The van der Waals surface area contributed by atoms with Gasteiger partial charge in [-0.25, -0.2) is 4.98 Å². The second-order valence-electron chi connectivity index (χ2n) is 6.43. The van der Waals surface area contributed by atoms with Crippen molar-refractivity contribution in [1.29, 1.82) is 0 Å². The average Bonchev–Trinajstić information content (AvgIpc) is 3.00. The summed E-state index contributed by atoms with van der Waals surface area (Å²) in [7, 11) is 0. The van der Waals surface area contributed by atoms with Gasteiger partial charge in [0.1, 0.15) is 5.75 Å². The Kier molecular flexibility index (Phi) is 5.04. The van der Waals surface area contributed by atoms with Crippen LogP contribution < -0.4 is 10.1 Å². The molecule has 0 fully saturated rings. The Morgan fingerprint density at radius 1 is 1.16 bits per heavy atom. The fourth-order valence-corrected chi connectivity index (χ4v) is 3.47. The van der Waals surface area contributed by atoms with Crippen LogP contribution in [-0.2, 0) is 4.79 Å². The number of thiazole rings is 1. The Balaban J connectivity index is 1.62. The highest BCUT2D eigenvalue weighted by Gasteiger charge is 2.11. The number of carbonyl (C=O) groups is 1. The van der Waals surface area contributed by atoms with E-state index >= 15 is 0 Å². The van der Waals surface area contributed by atoms with Gasteiger partial charge in [0, 0.05) is 0 Å². The third kappa shape index (κ3) is 3.99. The smallest absolute Gasteiger partial charge is 0.264 e. The monoisotopic (exact) mass is 354 g/mol. The zero-order valence-electron chi connectivity index (χ0n) is 14.9. The molecule has 25 heavy (non-hydrogen) atoms. The summed E-state index contributed by atoms with van der Waals surface area (Å²) in [5, 5.41) is 3.43. The minimum atomic E-state index is -0.207. The van der Waals surface area contributed by atoms with Gasteiger partial charge in [0.15, 0.2) is 11.7 Å². The summed E-state index contributed by atoms with van der Waals surface area (Å²) < 4.78 is 6.63. The summed E-state index contributed by atoms with van der Waals surface area (Å²) in [4.78, 5) is 16.7. The molecule has 0 atom stereocenters. The molecule has 1 aromatic heterocycles. The van der Waals surface area contributed by atoms with E-state index in [0.717, 1.165) is 15.8 Å². The highest BCUT2D eigenvalue weighted by atomic mass is 32.1. The van der Waals surface area contributed by atoms with Gasteiger partial charge >= 0.3 is 0 Å². The molecule has 0 aliphatic rings. The fraction of sp³-hybridized carbons (Fsp3) is 0.300. The van der Waals surface area contributed by atoms with Gasteiger partial charge < -0.3 is 4.74 Å². The minimum Gasteiger partial charge on any atom is -0.484 e. The van der Waals surface area contributed by atoms with Crippen molar-refractivity contribution in [3.63, 3.8) is 0 Å². The summed E-state index contributed by atoms with van der Waals surface area (Å²) >= 11 is 1.48. The number of nitrogens with zero attached hydrogens (tertiary/aromatic N) is 1. The number of rotatable bonds is 5. The van der Waals surface area contributed by atoms with Crippen LogP contribution >= 0.6 is 11.3 Å². The van der Waals surface area contributed by atoms with Crippen molar-refractivity contribution in [3.05, 3.63) is 53.1 Å². The second-order valence-corrected chi connectivity index (χ2v) is 7.46. The average molecular weight is 354 g/mol. The van der Waals surface area contributed by atoms with E-state index in [1.54, 1.807) is 0 Å². The first-order valence-corrected chi connectivity index (χ1v) is 9.15. The number of amides is 1. The molecule has 4 nitrogen and oxygen atoms in total. The maximum atomic E-state index is 12.1. The molecule has 0 aliphatic heterocycles. The molecule has 2 aromatic carbocycles. The third-order valence-electron chi connectivity index (χ3n) is 4.25. The predicted octanol–water partition coefficient (Wildman–Crippen LogP) is 5.05. The number of nitrogens with one attached hydrogen (secondary N) is 1. The number of carbonyl (C=O) groups excluding carboxylic acids is 1. The van der Waals surface area contributed by atoms with Crippen molar-refractivity contribution in [2.75, 3.05) is 11.9 Å². The molecule has 0 radical (unpaired) electrons. The minimum absolute atomic E-state index is 0.0328. The molecular weight excluding hydrogens is 332 g/mol. The van der Waals surface area contributed by atoms with E-state index in [9.17, 15) is 4.79 Å². The summed E-state index contributed by atoms with van der Waals surface area (Å²) in [6.07, 6.45) is 0. The van der Waals surface area contributed by atoms with E-state index in [-0.39, 0.29) is 12.5 Å². The van der Waals surface area contributed by atoms with Gasteiger partial charge in [0.2, 0.25) is 0 Å². The summed E-state index contributed by atoms with van der Waals surface area (Å²) in [5.74, 6) is 0.958. The normalized spacial score (nSPS) is 11.1. The number of hydrogen-bond acceptors (Lipinski definition) is 4. The van der Waals surface area contributed by atoms with Gasteiger partial charge in [-0.3, -0.25) is 10.1 Å². The van der Waals surface area contributed by atoms with Crippen molar-refractivity contribution in [2.45, 2.75) is 33.6 Å². The Morgan fingerprint density at radius 2 is 1.88 bits per heavy atom. The lowest BCUT2D eigenvalue weighted by atomic mass is 10.0. The SMILES string of the molecule is Cc1ccc2sc(NC(=O)COc3ccc(C(C)C)cc3)nc2c1C. The van der Waals surface area contributed by atoms with Crippen molar-refractivity contribution in [1.82, 2.24) is 4.98 Å². The van der Waals surface area contributed by atoms with E-state index in [4.69, 9.17) is 4.74 Å². The first-order chi connectivity index (χ1) is 11.9. The van der Waals surface area contributed by atoms with Gasteiger partial charge in [-0.2, -0.15) is 0 Å². The third-order valence-corrected chi connectivity index (χ3v) is 5.18. The first kappa shape index (κ1) is 17.4. The van der Waals surface area contributed by atoms with Gasteiger partial charge in [-0.1, -0.05) is 43.4 Å². The number of aromatic nitrogens is 1. The van der Waals surface area contributed by atoms with Gasteiger partial charge in [-0.15, -0.1) is 0 Å². The molecule has 1 heterocycles. The lowest BCUT2D eigenvalue weighted by molar-refractivity contribution is -0.118. The number of ether oxygens (including phenoxy) is 1. The summed E-state index contributed by atoms with van der Waals surface area (Å²) in [6.45, 7) is 8.36. The molecular formula is C20H22N2O2S. The molecule has 3 rings (SSSR count).